The second kappa shape index (κ2) is 10.7. The number of nitriles is 1. The van der Waals surface area contributed by atoms with E-state index in [0.717, 1.165) is 49.0 Å². The number of thiophene rings is 1. The minimum Gasteiger partial charge on any atom is -0.462 e. The Hall–Kier alpha value is -3.51. The van der Waals surface area contributed by atoms with Crippen molar-refractivity contribution >= 4 is 40.0 Å². The highest BCUT2D eigenvalue weighted by molar-refractivity contribution is 7.17. The highest BCUT2D eigenvalue weighted by atomic mass is 32.1. The molecule has 8 nitrogen and oxygen atoms in total. The summed E-state index contributed by atoms with van der Waals surface area (Å²) in [6.45, 7) is 2.32. The molecule has 0 spiro atoms. The number of aryl methyl sites for hydroxylation is 1. The summed E-state index contributed by atoms with van der Waals surface area (Å²) in [4.78, 5) is 36.9. The summed E-state index contributed by atoms with van der Waals surface area (Å²) in [6.07, 6.45) is 6.60. The third-order valence-corrected chi connectivity index (χ3v) is 6.32. The fourth-order valence-electron chi connectivity index (χ4n) is 3.43. The van der Waals surface area contributed by atoms with Gasteiger partial charge in [0.15, 0.2) is 0 Å². The summed E-state index contributed by atoms with van der Waals surface area (Å²) in [5.74, 6) is -1.10. The van der Waals surface area contributed by atoms with Crippen LogP contribution in [0.4, 0.5) is 10.7 Å². The normalized spacial score (nSPS) is 13.1. The molecule has 1 aliphatic carbocycles. The van der Waals surface area contributed by atoms with Crippen molar-refractivity contribution in [1.82, 2.24) is 0 Å². The van der Waals surface area contributed by atoms with Crippen molar-refractivity contribution in [1.29, 1.82) is 5.26 Å². The second-order valence-corrected chi connectivity index (χ2v) is 8.48. The SMILES string of the molecule is CCCCOC(=O)c1c(NC(=O)C(C#N)=Cc2ccc([N+](=O)[O-])cc2)sc2c1CCCC2. The van der Waals surface area contributed by atoms with Crippen molar-refractivity contribution < 1.29 is 19.2 Å². The number of nitro groups is 1. The molecule has 0 unspecified atom stereocenters. The van der Waals surface area contributed by atoms with E-state index in [0.29, 0.717) is 22.7 Å². The number of nitrogens with one attached hydrogen (secondary N) is 1. The Morgan fingerprint density at radius 3 is 2.66 bits per heavy atom. The summed E-state index contributed by atoms with van der Waals surface area (Å²) < 4.78 is 5.41. The Bertz CT molecular complexity index is 1100. The molecular formula is C23H23N3O5S. The average molecular weight is 454 g/mol. The molecule has 0 radical (unpaired) electrons. The van der Waals surface area contributed by atoms with Crippen molar-refractivity contribution in [2.45, 2.75) is 45.4 Å². The van der Waals surface area contributed by atoms with Crippen LogP contribution in [-0.4, -0.2) is 23.4 Å². The van der Waals surface area contributed by atoms with Crippen molar-refractivity contribution in [3.8, 4) is 6.07 Å². The minimum atomic E-state index is -0.646. The van der Waals surface area contributed by atoms with Gasteiger partial charge in [-0.05, 0) is 61.4 Å². The van der Waals surface area contributed by atoms with Gasteiger partial charge in [0.1, 0.15) is 16.6 Å². The van der Waals surface area contributed by atoms with Gasteiger partial charge in [-0.2, -0.15) is 5.26 Å². The van der Waals surface area contributed by atoms with E-state index in [9.17, 15) is 25.0 Å². The number of anilines is 1. The largest absolute Gasteiger partial charge is 0.462 e. The Morgan fingerprint density at radius 2 is 2.00 bits per heavy atom. The molecule has 0 atom stereocenters. The van der Waals surface area contributed by atoms with Gasteiger partial charge in [0.05, 0.1) is 17.1 Å². The fourth-order valence-corrected chi connectivity index (χ4v) is 4.70. The molecule has 0 aliphatic heterocycles. The number of ether oxygens (including phenoxy) is 1. The number of non-ortho nitro benzene ring substituents is 1. The molecule has 1 aliphatic rings. The molecule has 0 bridgehead atoms. The number of nitrogens with zero attached hydrogens (tertiary/aromatic N) is 2. The lowest BCUT2D eigenvalue weighted by atomic mass is 9.95. The van der Waals surface area contributed by atoms with E-state index in [1.54, 1.807) is 0 Å². The van der Waals surface area contributed by atoms with Crippen LogP contribution in [0, 0.1) is 21.4 Å². The topological polar surface area (TPSA) is 122 Å². The van der Waals surface area contributed by atoms with Crippen molar-refractivity contribution in [3.63, 3.8) is 0 Å². The third-order valence-electron chi connectivity index (χ3n) is 5.11. The van der Waals surface area contributed by atoms with E-state index < -0.39 is 16.8 Å². The lowest BCUT2D eigenvalue weighted by Gasteiger charge is -2.12. The molecule has 1 aromatic carbocycles. The van der Waals surface area contributed by atoms with E-state index in [-0.39, 0.29) is 11.3 Å². The lowest BCUT2D eigenvalue weighted by molar-refractivity contribution is -0.384. The number of unbranched alkanes of at least 4 members (excludes halogenated alkanes) is 1. The van der Waals surface area contributed by atoms with Crippen LogP contribution in [0.5, 0.6) is 0 Å². The maximum Gasteiger partial charge on any atom is 0.341 e. The zero-order chi connectivity index (χ0) is 23.1. The number of nitro benzene ring substituents is 1. The molecule has 166 valence electrons. The van der Waals surface area contributed by atoms with Crippen LogP contribution >= 0.6 is 11.3 Å². The molecular weight excluding hydrogens is 430 g/mol. The van der Waals surface area contributed by atoms with Gasteiger partial charge in [-0.15, -0.1) is 11.3 Å². The molecule has 2 aromatic rings. The summed E-state index contributed by atoms with van der Waals surface area (Å²) in [6, 6.07) is 7.39. The van der Waals surface area contributed by atoms with Gasteiger partial charge in [-0.1, -0.05) is 13.3 Å². The number of amides is 1. The molecule has 0 saturated carbocycles. The van der Waals surface area contributed by atoms with Crippen LogP contribution in [-0.2, 0) is 22.4 Å². The molecule has 1 amide bonds. The predicted molar refractivity (Wildman–Crippen MR) is 121 cm³/mol. The Kier molecular flexibility index (Phi) is 7.73. The van der Waals surface area contributed by atoms with E-state index in [2.05, 4.69) is 5.32 Å². The lowest BCUT2D eigenvalue weighted by Crippen LogP contribution is -2.17. The molecule has 1 heterocycles. The van der Waals surface area contributed by atoms with Crippen LogP contribution in [0.15, 0.2) is 29.8 Å². The monoisotopic (exact) mass is 453 g/mol. The average Bonchev–Trinajstić information content (AvgIpc) is 3.15. The number of hydrogen-bond acceptors (Lipinski definition) is 7. The first kappa shape index (κ1) is 23.2. The third kappa shape index (κ3) is 5.39. The predicted octanol–water partition coefficient (Wildman–Crippen LogP) is 5.04. The highest BCUT2D eigenvalue weighted by Gasteiger charge is 2.28. The van der Waals surface area contributed by atoms with Gasteiger partial charge >= 0.3 is 5.97 Å². The molecule has 0 fully saturated rings. The number of fused-ring (bicyclic) bond motifs is 1. The highest BCUT2D eigenvalue weighted by Crippen LogP contribution is 2.38. The summed E-state index contributed by atoms with van der Waals surface area (Å²) in [7, 11) is 0. The number of rotatable bonds is 8. The van der Waals surface area contributed by atoms with Crippen LogP contribution in [0.3, 0.4) is 0 Å². The number of hydrogen-bond donors (Lipinski definition) is 1. The van der Waals surface area contributed by atoms with E-state index >= 15 is 0 Å². The van der Waals surface area contributed by atoms with Crippen molar-refractivity contribution in [2.24, 2.45) is 0 Å². The zero-order valence-corrected chi connectivity index (χ0v) is 18.5. The first-order chi connectivity index (χ1) is 15.4. The van der Waals surface area contributed by atoms with Gasteiger partial charge in [0.2, 0.25) is 0 Å². The van der Waals surface area contributed by atoms with Gasteiger partial charge in [-0.3, -0.25) is 14.9 Å². The molecule has 9 heteroatoms. The minimum absolute atomic E-state index is 0.0829. The van der Waals surface area contributed by atoms with Gasteiger partial charge < -0.3 is 10.1 Å². The first-order valence-electron chi connectivity index (χ1n) is 10.4. The maximum absolute atomic E-state index is 12.8. The molecule has 0 saturated heterocycles. The number of carbonyl (C=O) groups excluding carboxylic acids is 2. The van der Waals surface area contributed by atoms with Crippen LogP contribution in [0.1, 0.15) is 59.0 Å². The number of esters is 1. The fraction of sp³-hybridized carbons (Fsp3) is 0.348. The summed E-state index contributed by atoms with van der Waals surface area (Å²) in [5, 5.41) is 23.4. The van der Waals surface area contributed by atoms with E-state index in [4.69, 9.17) is 4.74 Å². The number of carbonyl (C=O) groups is 2. The zero-order valence-electron chi connectivity index (χ0n) is 17.7. The Morgan fingerprint density at radius 1 is 1.28 bits per heavy atom. The van der Waals surface area contributed by atoms with Crippen LogP contribution in [0.2, 0.25) is 0 Å². The van der Waals surface area contributed by atoms with E-state index in [1.165, 1.54) is 41.7 Å². The van der Waals surface area contributed by atoms with Gasteiger partial charge in [0.25, 0.3) is 11.6 Å². The summed E-state index contributed by atoms with van der Waals surface area (Å²) in [5.41, 5.74) is 1.54. The van der Waals surface area contributed by atoms with Gasteiger partial charge in [0, 0.05) is 17.0 Å². The van der Waals surface area contributed by atoms with Crippen molar-refractivity contribution in [2.75, 3.05) is 11.9 Å². The summed E-state index contributed by atoms with van der Waals surface area (Å²) >= 11 is 1.35. The molecule has 3 rings (SSSR count). The smallest absolute Gasteiger partial charge is 0.341 e. The van der Waals surface area contributed by atoms with Crippen molar-refractivity contribution in [3.05, 3.63) is 61.5 Å². The Labute approximate surface area is 189 Å². The first-order valence-corrected chi connectivity index (χ1v) is 11.3. The molecule has 32 heavy (non-hydrogen) atoms. The number of benzene rings is 1. The molecule has 1 N–H and O–H groups in total. The van der Waals surface area contributed by atoms with E-state index in [1.807, 2.05) is 13.0 Å². The Balaban J connectivity index is 1.85. The van der Waals surface area contributed by atoms with Crippen LogP contribution < -0.4 is 5.32 Å². The molecule has 1 aromatic heterocycles. The second-order valence-electron chi connectivity index (χ2n) is 7.38. The standard InChI is InChI=1S/C23H23N3O5S/c1-2-3-12-31-23(28)20-18-6-4-5-7-19(18)32-22(20)25-21(27)16(14-24)13-15-8-10-17(11-9-15)26(29)30/h8-11,13H,2-7,12H2,1H3,(H,25,27). The van der Waals surface area contributed by atoms with Crippen LogP contribution in [0.25, 0.3) is 6.08 Å². The van der Waals surface area contributed by atoms with Gasteiger partial charge in [-0.25, -0.2) is 4.79 Å². The quantitative estimate of drug-likeness (QED) is 0.149. The maximum atomic E-state index is 12.8.